The van der Waals surface area contributed by atoms with Crippen LogP contribution in [0.2, 0.25) is 0 Å². The first-order chi connectivity index (χ1) is 7.41. The molecule has 0 spiro atoms. The van der Waals surface area contributed by atoms with Crippen LogP contribution in [-0.4, -0.2) is 11.1 Å². The molecular formula is C12H17F2NO. The van der Waals surface area contributed by atoms with Crippen molar-refractivity contribution in [2.75, 3.05) is 0 Å². The Morgan fingerprint density at radius 2 is 1.69 bits per heavy atom. The number of phenols is 1. The molecule has 0 aliphatic rings. The zero-order chi connectivity index (χ0) is 12.3. The highest BCUT2D eigenvalue weighted by Crippen LogP contribution is 2.21. The van der Waals surface area contributed by atoms with Crippen molar-refractivity contribution in [3.8, 4) is 5.75 Å². The van der Waals surface area contributed by atoms with E-state index in [0.29, 0.717) is 18.0 Å². The molecular weight excluding hydrogens is 212 g/mol. The lowest BCUT2D eigenvalue weighted by Crippen LogP contribution is -2.30. The van der Waals surface area contributed by atoms with E-state index in [2.05, 4.69) is 19.2 Å². The van der Waals surface area contributed by atoms with Crippen LogP contribution in [0, 0.1) is 17.6 Å². The first kappa shape index (κ1) is 12.9. The lowest BCUT2D eigenvalue weighted by Gasteiger charge is -2.17. The molecule has 0 bridgehead atoms. The molecule has 1 atom stereocenters. The second-order valence-corrected chi connectivity index (χ2v) is 4.32. The molecule has 1 aromatic carbocycles. The standard InChI is InChI=1S/C12H17F2NO/c1-7(2)8(3)15-6-9-4-10(13)12(16)11(14)5-9/h4-5,7-8,15-16H,6H2,1-3H3. The van der Waals surface area contributed by atoms with Gasteiger partial charge in [0.1, 0.15) is 0 Å². The van der Waals surface area contributed by atoms with Gasteiger partial charge in [0.25, 0.3) is 0 Å². The van der Waals surface area contributed by atoms with Gasteiger partial charge in [-0.2, -0.15) is 0 Å². The summed E-state index contributed by atoms with van der Waals surface area (Å²) in [5.74, 6) is -2.31. The van der Waals surface area contributed by atoms with Crippen molar-refractivity contribution in [1.29, 1.82) is 0 Å². The summed E-state index contributed by atoms with van der Waals surface area (Å²) >= 11 is 0. The maximum absolute atomic E-state index is 13.0. The lowest BCUT2D eigenvalue weighted by atomic mass is 10.1. The van der Waals surface area contributed by atoms with Gasteiger partial charge in [-0.25, -0.2) is 8.78 Å². The van der Waals surface area contributed by atoms with Crippen molar-refractivity contribution in [3.63, 3.8) is 0 Å². The van der Waals surface area contributed by atoms with E-state index < -0.39 is 17.4 Å². The molecule has 0 aliphatic heterocycles. The fourth-order valence-corrected chi connectivity index (χ4v) is 1.23. The largest absolute Gasteiger partial charge is 0.503 e. The molecule has 0 aliphatic carbocycles. The molecule has 0 saturated carbocycles. The summed E-state index contributed by atoms with van der Waals surface area (Å²) in [6.45, 7) is 6.52. The van der Waals surface area contributed by atoms with Crippen molar-refractivity contribution in [2.24, 2.45) is 5.92 Å². The Labute approximate surface area is 94.3 Å². The number of phenolic OH excluding ortho intramolecular Hbond substituents is 1. The Balaban J connectivity index is 2.68. The van der Waals surface area contributed by atoms with E-state index in [9.17, 15) is 8.78 Å². The van der Waals surface area contributed by atoms with Crippen LogP contribution in [0.15, 0.2) is 12.1 Å². The van der Waals surface area contributed by atoms with E-state index in [4.69, 9.17) is 5.11 Å². The highest BCUT2D eigenvalue weighted by Gasteiger charge is 2.11. The van der Waals surface area contributed by atoms with E-state index in [-0.39, 0.29) is 6.04 Å². The van der Waals surface area contributed by atoms with Crippen molar-refractivity contribution in [3.05, 3.63) is 29.3 Å². The lowest BCUT2D eigenvalue weighted by molar-refractivity contribution is 0.392. The van der Waals surface area contributed by atoms with Crippen molar-refractivity contribution in [1.82, 2.24) is 5.32 Å². The SMILES string of the molecule is CC(C)C(C)NCc1cc(F)c(O)c(F)c1. The third kappa shape index (κ3) is 3.17. The summed E-state index contributed by atoms with van der Waals surface area (Å²) in [7, 11) is 0. The van der Waals surface area contributed by atoms with Crippen LogP contribution in [0.25, 0.3) is 0 Å². The Hall–Kier alpha value is -1.16. The van der Waals surface area contributed by atoms with Crippen LogP contribution in [0.1, 0.15) is 26.3 Å². The summed E-state index contributed by atoms with van der Waals surface area (Å²) in [6.07, 6.45) is 0. The van der Waals surface area contributed by atoms with Gasteiger partial charge in [-0.1, -0.05) is 13.8 Å². The van der Waals surface area contributed by atoms with Gasteiger partial charge in [0, 0.05) is 12.6 Å². The van der Waals surface area contributed by atoms with Gasteiger partial charge in [0.15, 0.2) is 17.4 Å². The van der Waals surface area contributed by atoms with Crippen molar-refractivity contribution < 1.29 is 13.9 Å². The number of nitrogens with one attached hydrogen (secondary N) is 1. The molecule has 16 heavy (non-hydrogen) atoms. The molecule has 0 saturated heterocycles. The number of hydrogen-bond acceptors (Lipinski definition) is 2. The molecule has 2 nitrogen and oxygen atoms in total. The van der Waals surface area contributed by atoms with Crippen LogP contribution in [-0.2, 0) is 6.54 Å². The third-order valence-corrected chi connectivity index (χ3v) is 2.70. The molecule has 2 N–H and O–H groups in total. The van der Waals surface area contributed by atoms with Gasteiger partial charge in [-0.05, 0) is 30.5 Å². The van der Waals surface area contributed by atoms with Gasteiger partial charge >= 0.3 is 0 Å². The monoisotopic (exact) mass is 229 g/mol. The smallest absolute Gasteiger partial charge is 0.187 e. The maximum Gasteiger partial charge on any atom is 0.187 e. The molecule has 4 heteroatoms. The molecule has 1 rings (SSSR count). The van der Waals surface area contributed by atoms with E-state index >= 15 is 0 Å². The zero-order valence-corrected chi connectivity index (χ0v) is 9.72. The van der Waals surface area contributed by atoms with E-state index in [1.807, 2.05) is 6.92 Å². The Bertz CT molecular complexity index is 343. The van der Waals surface area contributed by atoms with E-state index in [0.717, 1.165) is 12.1 Å². The highest BCUT2D eigenvalue weighted by atomic mass is 19.1. The molecule has 1 unspecified atom stereocenters. The van der Waals surface area contributed by atoms with Crippen LogP contribution < -0.4 is 5.32 Å². The molecule has 0 aromatic heterocycles. The minimum atomic E-state index is -0.922. The first-order valence-corrected chi connectivity index (χ1v) is 5.32. The zero-order valence-electron chi connectivity index (χ0n) is 9.72. The van der Waals surface area contributed by atoms with Gasteiger partial charge in [-0.3, -0.25) is 0 Å². The molecule has 0 fully saturated rings. The van der Waals surface area contributed by atoms with Gasteiger partial charge < -0.3 is 10.4 Å². The van der Waals surface area contributed by atoms with E-state index in [1.165, 1.54) is 0 Å². The van der Waals surface area contributed by atoms with E-state index in [1.54, 1.807) is 0 Å². The minimum absolute atomic E-state index is 0.264. The fraction of sp³-hybridized carbons (Fsp3) is 0.500. The average Bonchev–Trinajstić information content (AvgIpc) is 2.22. The predicted molar refractivity (Wildman–Crippen MR) is 59.2 cm³/mol. The summed E-state index contributed by atoms with van der Waals surface area (Å²) in [4.78, 5) is 0. The first-order valence-electron chi connectivity index (χ1n) is 5.32. The number of rotatable bonds is 4. The number of benzene rings is 1. The van der Waals surface area contributed by atoms with Gasteiger partial charge in [0.05, 0.1) is 0 Å². The summed E-state index contributed by atoms with van der Waals surface area (Å²) in [6, 6.07) is 2.54. The topological polar surface area (TPSA) is 32.3 Å². The van der Waals surface area contributed by atoms with Crippen LogP contribution in [0.3, 0.4) is 0 Å². The Kier molecular flexibility index (Phi) is 4.24. The van der Waals surface area contributed by atoms with Crippen molar-refractivity contribution >= 4 is 0 Å². The van der Waals surface area contributed by atoms with Crippen molar-refractivity contribution in [2.45, 2.75) is 33.4 Å². The third-order valence-electron chi connectivity index (χ3n) is 2.70. The average molecular weight is 229 g/mol. The van der Waals surface area contributed by atoms with Crippen LogP contribution >= 0.6 is 0 Å². The molecule has 0 radical (unpaired) electrons. The molecule has 0 heterocycles. The normalized spacial score (nSPS) is 13.1. The molecule has 90 valence electrons. The van der Waals surface area contributed by atoms with Crippen LogP contribution in [0.5, 0.6) is 5.75 Å². The van der Waals surface area contributed by atoms with Crippen LogP contribution in [0.4, 0.5) is 8.78 Å². The quantitative estimate of drug-likeness (QED) is 0.832. The second-order valence-electron chi connectivity index (χ2n) is 4.32. The van der Waals surface area contributed by atoms with Gasteiger partial charge in [-0.15, -0.1) is 0 Å². The number of hydrogen-bond donors (Lipinski definition) is 2. The number of halogens is 2. The Morgan fingerprint density at radius 1 is 1.19 bits per heavy atom. The highest BCUT2D eigenvalue weighted by molar-refractivity contribution is 5.29. The Morgan fingerprint density at radius 3 is 2.12 bits per heavy atom. The second kappa shape index (κ2) is 5.25. The maximum atomic E-state index is 13.0. The van der Waals surface area contributed by atoms with Gasteiger partial charge in [0.2, 0.25) is 0 Å². The molecule has 0 amide bonds. The fourth-order valence-electron chi connectivity index (χ4n) is 1.23. The minimum Gasteiger partial charge on any atom is -0.503 e. The number of aromatic hydroxyl groups is 1. The summed E-state index contributed by atoms with van der Waals surface area (Å²) < 4.78 is 26.0. The summed E-state index contributed by atoms with van der Waals surface area (Å²) in [5, 5.41) is 12.1. The molecule has 1 aromatic rings. The summed E-state index contributed by atoms with van der Waals surface area (Å²) in [5.41, 5.74) is 0.486. The predicted octanol–water partition coefficient (Wildman–Crippen LogP) is 2.80.